The van der Waals surface area contributed by atoms with Crippen LogP contribution in [-0.2, 0) is 0 Å². The first-order chi connectivity index (χ1) is 8.65. The van der Waals surface area contributed by atoms with Crippen molar-refractivity contribution in [2.45, 2.75) is 0 Å². The highest BCUT2D eigenvalue weighted by Gasteiger charge is 2.03. The van der Waals surface area contributed by atoms with E-state index in [1.54, 1.807) is 12.1 Å². The molecule has 7 heteroatoms. The summed E-state index contributed by atoms with van der Waals surface area (Å²) in [5, 5.41) is 7.00. The number of hydrogen-bond acceptors (Lipinski definition) is 4. The maximum Gasteiger partial charge on any atom is 0.332 e. The lowest BCUT2D eigenvalue weighted by atomic mass is 10.2. The van der Waals surface area contributed by atoms with Gasteiger partial charge in [0.2, 0.25) is 0 Å². The van der Waals surface area contributed by atoms with E-state index in [1.807, 2.05) is 17.5 Å². The molecule has 1 aromatic heterocycles. The van der Waals surface area contributed by atoms with Crippen molar-refractivity contribution < 1.29 is 4.79 Å². The third-order valence-corrected chi connectivity index (χ3v) is 3.15. The summed E-state index contributed by atoms with van der Waals surface area (Å²) in [4.78, 5) is 14.8. The summed E-state index contributed by atoms with van der Waals surface area (Å²) >= 11 is 7.29. The molecule has 0 fully saturated rings. The van der Waals surface area contributed by atoms with E-state index in [0.29, 0.717) is 10.7 Å². The van der Waals surface area contributed by atoms with Gasteiger partial charge in [-0.3, -0.25) is 0 Å². The fourth-order valence-electron chi connectivity index (χ4n) is 1.23. The van der Waals surface area contributed by atoms with Crippen LogP contribution in [0.5, 0.6) is 0 Å². The molecule has 0 aliphatic carbocycles. The maximum atomic E-state index is 10.4. The Balaban J connectivity index is 2.12. The Morgan fingerprint density at radius 3 is 2.83 bits per heavy atom. The topological polar surface area (TPSA) is 80.4 Å². The highest BCUT2D eigenvalue weighted by Crippen LogP contribution is 2.24. The van der Waals surface area contributed by atoms with Crippen molar-refractivity contribution in [3.8, 4) is 10.6 Å². The van der Waals surface area contributed by atoms with Crippen LogP contribution in [0, 0.1) is 0 Å². The van der Waals surface area contributed by atoms with Crippen molar-refractivity contribution in [2.24, 2.45) is 10.8 Å². The molecule has 92 valence electrons. The van der Waals surface area contributed by atoms with Crippen LogP contribution in [0.25, 0.3) is 10.6 Å². The number of halogens is 1. The number of nitrogens with zero attached hydrogens (tertiary/aromatic N) is 2. The summed E-state index contributed by atoms with van der Waals surface area (Å²) in [6.45, 7) is 0. The number of thiazole rings is 1. The van der Waals surface area contributed by atoms with E-state index in [9.17, 15) is 4.79 Å². The number of carbonyl (C=O) groups is 1. The Morgan fingerprint density at radius 1 is 1.44 bits per heavy atom. The Hall–Kier alpha value is -1.92. The molecule has 1 aromatic carbocycles. The number of benzene rings is 1. The predicted octanol–water partition coefficient (Wildman–Crippen LogP) is 2.47. The molecule has 3 N–H and O–H groups in total. The molecule has 1 heterocycles. The number of urea groups is 1. The third kappa shape index (κ3) is 3.28. The van der Waals surface area contributed by atoms with Crippen LogP contribution in [0.15, 0.2) is 34.7 Å². The van der Waals surface area contributed by atoms with Crippen LogP contribution < -0.4 is 11.2 Å². The Bertz CT molecular complexity index is 579. The number of nitrogens with two attached hydrogens (primary N) is 1. The van der Waals surface area contributed by atoms with Crippen molar-refractivity contribution in [2.75, 3.05) is 0 Å². The fourth-order valence-corrected chi connectivity index (χ4v) is 2.13. The number of aromatic nitrogens is 1. The van der Waals surface area contributed by atoms with E-state index in [-0.39, 0.29) is 0 Å². The van der Waals surface area contributed by atoms with Crippen molar-refractivity contribution in [1.82, 2.24) is 10.4 Å². The van der Waals surface area contributed by atoms with Crippen molar-refractivity contribution in [1.29, 1.82) is 0 Å². The van der Waals surface area contributed by atoms with Gasteiger partial charge in [-0.1, -0.05) is 23.7 Å². The predicted molar refractivity (Wildman–Crippen MR) is 72.9 cm³/mol. The standard InChI is InChI=1S/C11H9ClN4OS/c12-8-3-1-7(2-4-8)10-15-9(6-18-10)5-14-16-11(13)17/h1-6H,(H3,13,16,17)/b14-5-. The monoisotopic (exact) mass is 280 g/mol. The van der Waals surface area contributed by atoms with E-state index in [1.165, 1.54) is 17.6 Å². The first kappa shape index (κ1) is 12.5. The van der Waals surface area contributed by atoms with Gasteiger partial charge >= 0.3 is 6.03 Å². The molecule has 0 radical (unpaired) electrons. The minimum absolute atomic E-state index is 0.652. The minimum atomic E-state index is -0.709. The van der Waals surface area contributed by atoms with Crippen LogP contribution in [0.1, 0.15) is 5.69 Å². The van der Waals surface area contributed by atoms with Crippen molar-refractivity contribution >= 4 is 35.2 Å². The van der Waals surface area contributed by atoms with Gasteiger partial charge in [0.25, 0.3) is 0 Å². The Morgan fingerprint density at radius 2 is 2.17 bits per heavy atom. The molecule has 0 aliphatic heterocycles. The molecular formula is C11H9ClN4OS. The lowest BCUT2D eigenvalue weighted by molar-refractivity contribution is 0.249. The zero-order valence-corrected chi connectivity index (χ0v) is 10.7. The summed E-state index contributed by atoms with van der Waals surface area (Å²) in [5.41, 5.74) is 8.61. The number of amides is 2. The summed E-state index contributed by atoms with van der Waals surface area (Å²) in [5.74, 6) is 0. The highest BCUT2D eigenvalue weighted by molar-refractivity contribution is 7.13. The molecule has 5 nitrogen and oxygen atoms in total. The van der Waals surface area contributed by atoms with Crippen LogP contribution in [0.2, 0.25) is 5.02 Å². The molecule has 0 saturated carbocycles. The van der Waals surface area contributed by atoms with Gasteiger partial charge in [0.05, 0.1) is 11.9 Å². The third-order valence-electron chi connectivity index (χ3n) is 1.98. The van der Waals surface area contributed by atoms with Gasteiger partial charge in [0.1, 0.15) is 5.01 Å². The number of hydrazone groups is 1. The maximum absolute atomic E-state index is 10.4. The summed E-state index contributed by atoms with van der Waals surface area (Å²) in [7, 11) is 0. The quantitative estimate of drug-likeness (QED) is 0.669. The van der Waals surface area contributed by atoms with E-state index >= 15 is 0 Å². The lowest BCUT2D eigenvalue weighted by Gasteiger charge is -1.95. The van der Waals surface area contributed by atoms with Crippen molar-refractivity contribution in [3.63, 3.8) is 0 Å². The number of primary amides is 1. The summed E-state index contributed by atoms with van der Waals surface area (Å²) < 4.78 is 0. The molecule has 0 aliphatic rings. The first-order valence-corrected chi connectivity index (χ1v) is 6.21. The molecule has 2 rings (SSSR count). The first-order valence-electron chi connectivity index (χ1n) is 4.95. The largest absolute Gasteiger partial charge is 0.350 e. The zero-order valence-electron chi connectivity index (χ0n) is 9.13. The van der Waals surface area contributed by atoms with Gasteiger partial charge in [-0.25, -0.2) is 15.2 Å². The van der Waals surface area contributed by atoms with E-state index in [2.05, 4.69) is 15.5 Å². The molecule has 0 atom stereocenters. The van der Waals surface area contributed by atoms with Crippen LogP contribution in [0.3, 0.4) is 0 Å². The van der Waals surface area contributed by atoms with Gasteiger partial charge in [-0.2, -0.15) is 5.10 Å². The normalized spacial score (nSPS) is 10.7. The van der Waals surface area contributed by atoms with E-state index in [0.717, 1.165) is 10.6 Å². The molecular weight excluding hydrogens is 272 g/mol. The van der Waals surface area contributed by atoms with Gasteiger partial charge < -0.3 is 5.73 Å². The second-order valence-corrected chi connectivity index (χ2v) is 4.61. The number of hydrogen-bond donors (Lipinski definition) is 2. The number of nitrogens with one attached hydrogen (secondary N) is 1. The number of carbonyl (C=O) groups excluding carboxylic acids is 1. The van der Waals surface area contributed by atoms with Gasteiger partial charge in [0, 0.05) is 16.0 Å². The van der Waals surface area contributed by atoms with Crippen LogP contribution in [0.4, 0.5) is 4.79 Å². The van der Waals surface area contributed by atoms with Gasteiger partial charge in [-0.15, -0.1) is 11.3 Å². The van der Waals surface area contributed by atoms with Gasteiger partial charge in [0.15, 0.2) is 0 Å². The molecule has 0 unspecified atom stereocenters. The second kappa shape index (κ2) is 5.61. The molecule has 0 spiro atoms. The summed E-state index contributed by atoms with van der Waals surface area (Å²) in [6.07, 6.45) is 1.43. The van der Waals surface area contributed by atoms with E-state index in [4.69, 9.17) is 17.3 Å². The SMILES string of the molecule is NC(=O)N/N=C\c1csc(-c2ccc(Cl)cc2)n1. The molecule has 2 amide bonds. The zero-order chi connectivity index (χ0) is 13.0. The number of rotatable bonds is 3. The van der Waals surface area contributed by atoms with Gasteiger partial charge in [-0.05, 0) is 12.1 Å². The van der Waals surface area contributed by atoms with Crippen LogP contribution >= 0.6 is 22.9 Å². The van der Waals surface area contributed by atoms with Crippen LogP contribution in [-0.4, -0.2) is 17.2 Å². The Labute approximate surface area is 112 Å². The van der Waals surface area contributed by atoms with E-state index < -0.39 is 6.03 Å². The average molecular weight is 281 g/mol. The fraction of sp³-hybridized carbons (Fsp3) is 0. The highest BCUT2D eigenvalue weighted by atomic mass is 35.5. The van der Waals surface area contributed by atoms with Crippen molar-refractivity contribution in [3.05, 3.63) is 40.4 Å². The Kier molecular flexibility index (Phi) is 3.91. The molecule has 0 saturated heterocycles. The smallest absolute Gasteiger partial charge is 0.332 e. The second-order valence-electron chi connectivity index (χ2n) is 3.32. The average Bonchev–Trinajstić information content (AvgIpc) is 2.78. The molecule has 2 aromatic rings. The molecule has 0 bridgehead atoms. The minimum Gasteiger partial charge on any atom is -0.350 e. The lowest BCUT2D eigenvalue weighted by Crippen LogP contribution is -2.24. The summed E-state index contributed by atoms with van der Waals surface area (Å²) in [6, 6.07) is 6.69. The molecule has 18 heavy (non-hydrogen) atoms.